The maximum absolute atomic E-state index is 12.5. The van der Waals surface area contributed by atoms with E-state index >= 15 is 0 Å². The van der Waals surface area contributed by atoms with Gasteiger partial charge in [-0.2, -0.15) is 0 Å². The molecule has 1 saturated heterocycles. The van der Waals surface area contributed by atoms with E-state index < -0.39 is 0 Å². The molecule has 0 N–H and O–H groups in total. The fourth-order valence-corrected chi connectivity index (χ4v) is 2.89. The second-order valence-electron chi connectivity index (χ2n) is 5.74. The Bertz CT molecular complexity index is 643. The summed E-state index contributed by atoms with van der Waals surface area (Å²) in [5.41, 5.74) is 2.65. The summed E-state index contributed by atoms with van der Waals surface area (Å²) in [5, 5.41) is 0. The van der Waals surface area contributed by atoms with Crippen molar-refractivity contribution in [3.05, 3.63) is 65.2 Å². The van der Waals surface area contributed by atoms with Gasteiger partial charge in [-0.1, -0.05) is 36.4 Å². The predicted octanol–water partition coefficient (Wildman–Crippen LogP) is 3.52. The molecule has 1 heterocycles. The number of benzene rings is 2. The molecular weight excluding hydrogens is 274 g/mol. The van der Waals surface area contributed by atoms with Crippen molar-refractivity contribution in [3.8, 4) is 5.75 Å². The van der Waals surface area contributed by atoms with Gasteiger partial charge in [-0.3, -0.25) is 9.69 Å². The zero-order chi connectivity index (χ0) is 15.4. The van der Waals surface area contributed by atoms with Crippen molar-refractivity contribution in [2.45, 2.75) is 19.4 Å². The minimum Gasteiger partial charge on any atom is -0.497 e. The first-order chi connectivity index (χ1) is 10.8. The first-order valence-electron chi connectivity index (χ1n) is 7.76. The van der Waals surface area contributed by atoms with Crippen LogP contribution in [-0.2, 0) is 6.54 Å². The van der Waals surface area contributed by atoms with Gasteiger partial charge in [0, 0.05) is 17.7 Å². The number of carbonyl (C=O) groups is 1. The smallest absolute Gasteiger partial charge is 0.193 e. The minimum absolute atomic E-state index is 0.0339. The van der Waals surface area contributed by atoms with Crippen LogP contribution in [0.3, 0.4) is 0 Å². The fraction of sp³-hybridized carbons (Fsp3) is 0.316. The van der Waals surface area contributed by atoms with Crippen molar-refractivity contribution >= 4 is 5.78 Å². The molecule has 0 aromatic heterocycles. The molecule has 0 aliphatic carbocycles. The number of methoxy groups -OCH3 is 1. The molecule has 1 fully saturated rings. The standard InChI is InChI=1S/C19H21NO2/c1-22-18-6-4-5-17(13-18)19(21)16-9-7-15(8-10-16)14-20-11-2-3-12-20/h4-10,13H,2-3,11-12,14H2,1H3. The lowest BCUT2D eigenvalue weighted by Gasteiger charge is -2.14. The average molecular weight is 295 g/mol. The summed E-state index contributed by atoms with van der Waals surface area (Å²) in [6.07, 6.45) is 2.60. The van der Waals surface area contributed by atoms with E-state index in [0.717, 1.165) is 12.1 Å². The molecule has 3 nitrogen and oxygen atoms in total. The van der Waals surface area contributed by atoms with Gasteiger partial charge in [0.2, 0.25) is 0 Å². The Labute approximate surface area is 131 Å². The number of carbonyl (C=O) groups excluding carboxylic acids is 1. The summed E-state index contributed by atoms with van der Waals surface area (Å²) in [5.74, 6) is 0.739. The Morgan fingerprint density at radius 1 is 1.05 bits per heavy atom. The second-order valence-corrected chi connectivity index (χ2v) is 5.74. The molecule has 1 aliphatic rings. The van der Waals surface area contributed by atoms with Crippen molar-refractivity contribution < 1.29 is 9.53 Å². The van der Waals surface area contributed by atoms with Gasteiger partial charge in [-0.05, 0) is 43.6 Å². The number of ketones is 1. The van der Waals surface area contributed by atoms with Crippen LogP contribution in [-0.4, -0.2) is 30.9 Å². The third-order valence-electron chi connectivity index (χ3n) is 4.15. The van der Waals surface area contributed by atoms with Crippen LogP contribution >= 0.6 is 0 Å². The number of ether oxygens (including phenoxy) is 1. The van der Waals surface area contributed by atoms with E-state index in [1.54, 1.807) is 13.2 Å². The Morgan fingerprint density at radius 3 is 2.45 bits per heavy atom. The number of hydrogen-bond acceptors (Lipinski definition) is 3. The average Bonchev–Trinajstić information content (AvgIpc) is 3.08. The van der Waals surface area contributed by atoms with Crippen LogP contribution in [0.1, 0.15) is 34.3 Å². The normalized spacial score (nSPS) is 15.0. The van der Waals surface area contributed by atoms with Crippen LogP contribution < -0.4 is 4.74 Å². The van der Waals surface area contributed by atoms with Crippen LogP contribution in [0.25, 0.3) is 0 Å². The number of likely N-dealkylation sites (tertiary alicyclic amines) is 1. The fourth-order valence-electron chi connectivity index (χ4n) is 2.89. The number of rotatable bonds is 5. The molecule has 1 aliphatic heterocycles. The van der Waals surface area contributed by atoms with Crippen LogP contribution in [0, 0.1) is 0 Å². The third-order valence-corrected chi connectivity index (χ3v) is 4.15. The Balaban J connectivity index is 1.72. The molecule has 0 bridgehead atoms. The molecule has 0 saturated carbocycles. The van der Waals surface area contributed by atoms with Gasteiger partial charge in [0.25, 0.3) is 0 Å². The highest BCUT2D eigenvalue weighted by Gasteiger charge is 2.13. The molecule has 114 valence electrons. The van der Waals surface area contributed by atoms with E-state index in [1.807, 2.05) is 30.3 Å². The van der Waals surface area contributed by atoms with Gasteiger partial charge in [0.1, 0.15) is 5.75 Å². The summed E-state index contributed by atoms with van der Waals surface area (Å²) in [7, 11) is 1.61. The maximum Gasteiger partial charge on any atom is 0.193 e. The molecular formula is C19H21NO2. The summed E-state index contributed by atoms with van der Waals surface area (Å²) >= 11 is 0. The molecule has 22 heavy (non-hydrogen) atoms. The molecule has 2 aromatic rings. The zero-order valence-corrected chi connectivity index (χ0v) is 12.9. The lowest BCUT2D eigenvalue weighted by atomic mass is 10.0. The van der Waals surface area contributed by atoms with Crippen molar-refractivity contribution in [2.75, 3.05) is 20.2 Å². The van der Waals surface area contributed by atoms with E-state index in [9.17, 15) is 4.79 Å². The van der Waals surface area contributed by atoms with Crippen molar-refractivity contribution in [3.63, 3.8) is 0 Å². The van der Waals surface area contributed by atoms with Gasteiger partial charge in [0.05, 0.1) is 7.11 Å². The first-order valence-corrected chi connectivity index (χ1v) is 7.76. The lowest BCUT2D eigenvalue weighted by molar-refractivity contribution is 0.103. The van der Waals surface area contributed by atoms with Crippen LogP contribution in [0.4, 0.5) is 0 Å². The van der Waals surface area contributed by atoms with E-state index in [4.69, 9.17) is 4.74 Å². The van der Waals surface area contributed by atoms with E-state index in [0.29, 0.717) is 11.3 Å². The summed E-state index contributed by atoms with van der Waals surface area (Å²) < 4.78 is 5.18. The quantitative estimate of drug-likeness (QED) is 0.790. The summed E-state index contributed by atoms with van der Waals surface area (Å²) in [4.78, 5) is 15.0. The monoisotopic (exact) mass is 295 g/mol. The van der Waals surface area contributed by atoms with Gasteiger partial charge in [-0.15, -0.1) is 0 Å². The molecule has 0 spiro atoms. The third kappa shape index (κ3) is 3.37. The molecule has 2 aromatic carbocycles. The largest absolute Gasteiger partial charge is 0.497 e. The molecule has 3 heteroatoms. The van der Waals surface area contributed by atoms with E-state index in [1.165, 1.54) is 31.5 Å². The highest BCUT2D eigenvalue weighted by molar-refractivity contribution is 6.09. The zero-order valence-electron chi connectivity index (χ0n) is 12.9. The highest BCUT2D eigenvalue weighted by atomic mass is 16.5. The highest BCUT2D eigenvalue weighted by Crippen LogP contribution is 2.18. The van der Waals surface area contributed by atoms with Crippen LogP contribution in [0.5, 0.6) is 5.75 Å². The predicted molar refractivity (Wildman–Crippen MR) is 87.4 cm³/mol. The molecule has 3 rings (SSSR count). The van der Waals surface area contributed by atoms with Crippen LogP contribution in [0.15, 0.2) is 48.5 Å². The number of nitrogens with zero attached hydrogens (tertiary/aromatic N) is 1. The van der Waals surface area contributed by atoms with Gasteiger partial charge >= 0.3 is 0 Å². The van der Waals surface area contributed by atoms with Crippen molar-refractivity contribution in [2.24, 2.45) is 0 Å². The van der Waals surface area contributed by atoms with E-state index in [-0.39, 0.29) is 5.78 Å². The Hall–Kier alpha value is -2.13. The van der Waals surface area contributed by atoms with Gasteiger partial charge < -0.3 is 4.74 Å². The maximum atomic E-state index is 12.5. The lowest BCUT2D eigenvalue weighted by Crippen LogP contribution is -2.18. The Morgan fingerprint density at radius 2 is 1.77 bits per heavy atom. The second kappa shape index (κ2) is 6.75. The SMILES string of the molecule is COc1cccc(C(=O)c2ccc(CN3CCCC3)cc2)c1. The molecule has 0 radical (unpaired) electrons. The van der Waals surface area contributed by atoms with Gasteiger partial charge in [-0.25, -0.2) is 0 Å². The minimum atomic E-state index is 0.0339. The Kier molecular flexibility index (Phi) is 4.54. The van der Waals surface area contributed by atoms with E-state index in [2.05, 4.69) is 17.0 Å². The number of hydrogen-bond donors (Lipinski definition) is 0. The first kappa shape index (κ1) is 14.8. The van der Waals surface area contributed by atoms with Crippen molar-refractivity contribution in [1.29, 1.82) is 0 Å². The van der Waals surface area contributed by atoms with Crippen molar-refractivity contribution in [1.82, 2.24) is 4.90 Å². The summed E-state index contributed by atoms with van der Waals surface area (Å²) in [6.45, 7) is 3.35. The van der Waals surface area contributed by atoms with Gasteiger partial charge in [0.15, 0.2) is 5.78 Å². The molecule has 0 amide bonds. The van der Waals surface area contributed by atoms with Crippen LogP contribution in [0.2, 0.25) is 0 Å². The summed E-state index contributed by atoms with van der Waals surface area (Å²) in [6, 6.07) is 15.3. The molecule has 0 atom stereocenters. The molecule has 0 unspecified atom stereocenters. The topological polar surface area (TPSA) is 29.5 Å².